The molecule has 0 fully saturated rings. The Morgan fingerprint density at radius 3 is 2.73 bits per heavy atom. The molecule has 0 aliphatic rings. The first-order valence-corrected chi connectivity index (χ1v) is 7.38. The Bertz CT molecular complexity index is 763. The summed E-state index contributed by atoms with van der Waals surface area (Å²) >= 11 is 6.00. The van der Waals surface area contributed by atoms with Gasteiger partial charge in [0.25, 0.3) is 0 Å². The largest absolute Gasteiger partial charge is 0.383 e. The molecule has 0 spiro atoms. The summed E-state index contributed by atoms with van der Waals surface area (Å²) < 4.78 is 0. The highest BCUT2D eigenvalue weighted by Gasteiger charge is 2.05. The molecule has 3 aromatic rings. The molecule has 0 saturated heterocycles. The number of aromatic nitrogens is 3. The normalized spacial score (nSPS) is 10.6. The van der Waals surface area contributed by atoms with Crippen molar-refractivity contribution >= 4 is 34.1 Å². The lowest BCUT2D eigenvalue weighted by atomic mass is 10.2. The van der Waals surface area contributed by atoms with Crippen LogP contribution in [0.2, 0.25) is 5.02 Å². The van der Waals surface area contributed by atoms with Crippen LogP contribution in [-0.4, -0.2) is 35.1 Å². The zero-order chi connectivity index (χ0) is 15.4. The lowest BCUT2D eigenvalue weighted by molar-refractivity contribution is 0.867. The first kappa shape index (κ1) is 14.5. The van der Waals surface area contributed by atoms with E-state index in [1.165, 1.54) is 0 Å². The van der Waals surface area contributed by atoms with E-state index in [-0.39, 0.29) is 0 Å². The molecule has 1 aromatic carbocycles. The predicted molar refractivity (Wildman–Crippen MR) is 90.5 cm³/mol. The van der Waals surface area contributed by atoms with Gasteiger partial charge in [0, 0.05) is 54.8 Å². The van der Waals surface area contributed by atoms with Gasteiger partial charge in [-0.3, -0.25) is 4.98 Å². The molecule has 112 valence electrons. The van der Waals surface area contributed by atoms with Gasteiger partial charge in [-0.05, 0) is 30.3 Å². The SMILES string of the molecule is CN(CCNc1ccnc2cc(Cl)ccc12)c1ncccn1. The monoisotopic (exact) mass is 313 g/mol. The second kappa shape index (κ2) is 6.58. The van der Waals surface area contributed by atoms with Gasteiger partial charge in [0.05, 0.1) is 5.52 Å². The molecule has 0 aliphatic heterocycles. The van der Waals surface area contributed by atoms with Crippen LogP contribution in [0.4, 0.5) is 11.6 Å². The number of hydrogen-bond acceptors (Lipinski definition) is 5. The minimum Gasteiger partial charge on any atom is -0.383 e. The third-order valence-electron chi connectivity index (χ3n) is 3.36. The van der Waals surface area contributed by atoms with E-state index in [1.807, 2.05) is 42.3 Å². The molecule has 0 amide bonds. The van der Waals surface area contributed by atoms with Crippen LogP contribution < -0.4 is 10.2 Å². The zero-order valence-electron chi connectivity index (χ0n) is 12.2. The fourth-order valence-corrected chi connectivity index (χ4v) is 2.39. The molecular formula is C16H16ClN5. The number of halogens is 1. The van der Waals surface area contributed by atoms with Crippen molar-refractivity contribution in [1.29, 1.82) is 0 Å². The Kier molecular flexibility index (Phi) is 4.34. The van der Waals surface area contributed by atoms with Crippen LogP contribution in [0.15, 0.2) is 48.9 Å². The molecule has 3 rings (SSSR count). The van der Waals surface area contributed by atoms with E-state index < -0.39 is 0 Å². The van der Waals surface area contributed by atoms with Gasteiger partial charge in [0.15, 0.2) is 0 Å². The summed E-state index contributed by atoms with van der Waals surface area (Å²) in [4.78, 5) is 14.8. The zero-order valence-corrected chi connectivity index (χ0v) is 13.0. The van der Waals surface area contributed by atoms with Gasteiger partial charge in [-0.1, -0.05) is 11.6 Å². The van der Waals surface area contributed by atoms with Crippen molar-refractivity contribution in [3.05, 3.63) is 53.9 Å². The Balaban J connectivity index is 1.67. The minimum absolute atomic E-state index is 0.693. The Morgan fingerprint density at radius 1 is 1.09 bits per heavy atom. The van der Waals surface area contributed by atoms with Crippen LogP contribution in [-0.2, 0) is 0 Å². The van der Waals surface area contributed by atoms with Crippen LogP contribution in [0.25, 0.3) is 10.9 Å². The fraction of sp³-hybridized carbons (Fsp3) is 0.188. The average Bonchev–Trinajstić information content (AvgIpc) is 2.55. The molecular weight excluding hydrogens is 298 g/mol. The molecule has 0 aliphatic carbocycles. The van der Waals surface area contributed by atoms with Crippen molar-refractivity contribution in [2.45, 2.75) is 0 Å². The smallest absolute Gasteiger partial charge is 0.225 e. The molecule has 5 nitrogen and oxygen atoms in total. The molecule has 0 radical (unpaired) electrons. The number of anilines is 2. The second-order valence-electron chi connectivity index (χ2n) is 4.92. The van der Waals surface area contributed by atoms with Gasteiger partial charge < -0.3 is 10.2 Å². The highest BCUT2D eigenvalue weighted by Crippen LogP contribution is 2.24. The summed E-state index contributed by atoms with van der Waals surface area (Å²) in [7, 11) is 1.97. The Morgan fingerprint density at radius 2 is 1.91 bits per heavy atom. The van der Waals surface area contributed by atoms with Crippen molar-refractivity contribution < 1.29 is 0 Å². The average molecular weight is 314 g/mol. The van der Waals surface area contributed by atoms with E-state index in [0.29, 0.717) is 5.02 Å². The van der Waals surface area contributed by atoms with Crippen LogP contribution in [0.3, 0.4) is 0 Å². The van der Waals surface area contributed by atoms with Crippen molar-refractivity contribution in [1.82, 2.24) is 15.0 Å². The molecule has 2 heterocycles. The highest BCUT2D eigenvalue weighted by atomic mass is 35.5. The topological polar surface area (TPSA) is 53.9 Å². The van der Waals surface area contributed by atoms with Gasteiger partial charge in [-0.15, -0.1) is 0 Å². The molecule has 2 aromatic heterocycles. The summed E-state index contributed by atoms with van der Waals surface area (Å²) in [6, 6.07) is 9.50. The van der Waals surface area contributed by atoms with Gasteiger partial charge in [-0.25, -0.2) is 9.97 Å². The number of nitrogens with zero attached hydrogens (tertiary/aromatic N) is 4. The van der Waals surface area contributed by atoms with Crippen molar-refractivity contribution in [2.75, 3.05) is 30.4 Å². The summed E-state index contributed by atoms with van der Waals surface area (Å²) in [6.07, 6.45) is 5.27. The highest BCUT2D eigenvalue weighted by molar-refractivity contribution is 6.31. The van der Waals surface area contributed by atoms with Crippen molar-refractivity contribution in [3.63, 3.8) is 0 Å². The first-order chi connectivity index (χ1) is 10.7. The van der Waals surface area contributed by atoms with Crippen LogP contribution in [0.1, 0.15) is 0 Å². The van der Waals surface area contributed by atoms with E-state index >= 15 is 0 Å². The molecule has 1 N–H and O–H groups in total. The number of hydrogen-bond donors (Lipinski definition) is 1. The Hall–Kier alpha value is -2.40. The van der Waals surface area contributed by atoms with Crippen molar-refractivity contribution in [3.8, 4) is 0 Å². The second-order valence-corrected chi connectivity index (χ2v) is 5.35. The third-order valence-corrected chi connectivity index (χ3v) is 3.60. The molecule has 6 heteroatoms. The lowest BCUT2D eigenvalue weighted by Crippen LogP contribution is -2.26. The molecule has 22 heavy (non-hydrogen) atoms. The summed E-state index contributed by atoms with van der Waals surface area (Å²) in [5, 5.41) is 5.18. The fourth-order valence-electron chi connectivity index (χ4n) is 2.22. The number of fused-ring (bicyclic) bond motifs is 1. The van der Waals surface area contributed by atoms with E-state index in [0.717, 1.165) is 35.6 Å². The Labute approximate surface area is 134 Å². The molecule has 0 bridgehead atoms. The van der Waals surface area contributed by atoms with Gasteiger partial charge in [-0.2, -0.15) is 0 Å². The number of benzene rings is 1. The van der Waals surface area contributed by atoms with Gasteiger partial charge in [0.2, 0.25) is 5.95 Å². The third kappa shape index (κ3) is 3.26. The van der Waals surface area contributed by atoms with E-state index in [1.54, 1.807) is 18.6 Å². The van der Waals surface area contributed by atoms with Gasteiger partial charge in [0.1, 0.15) is 0 Å². The number of pyridine rings is 1. The molecule has 0 unspecified atom stereocenters. The maximum Gasteiger partial charge on any atom is 0.225 e. The van der Waals surface area contributed by atoms with E-state index in [4.69, 9.17) is 11.6 Å². The van der Waals surface area contributed by atoms with Gasteiger partial charge >= 0.3 is 0 Å². The quantitative estimate of drug-likeness (QED) is 0.783. The summed E-state index contributed by atoms with van der Waals surface area (Å²) in [6.45, 7) is 1.57. The van der Waals surface area contributed by atoms with Crippen LogP contribution in [0.5, 0.6) is 0 Å². The van der Waals surface area contributed by atoms with E-state index in [2.05, 4.69) is 20.3 Å². The number of rotatable bonds is 5. The van der Waals surface area contributed by atoms with Crippen LogP contribution in [0, 0.1) is 0 Å². The number of likely N-dealkylation sites (N-methyl/N-ethyl adjacent to an activating group) is 1. The van der Waals surface area contributed by atoms with E-state index in [9.17, 15) is 0 Å². The maximum absolute atomic E-state index is 6.00. The summed E-state index contributed by atoms with van der Waals surface area (Å²) in [5.41, 5.74) is 1.93. The maximum atomic E-state index is 6.00. The number of nitrogens with one attached hydrogen (secondary N) is 1. The summed E-state index contributed by atoms with van der Waals surface area (Å²) in [5.74, 6) is 0.718. The lowest BCUT2D eigenvalue weighted by Gasteiger charge is -2.17. The standard InChI is InChI=1S/C16H16ClN5/c1-22(16-20-6-2-7-21-16)10-9-19-14-5-8-18-15-11-12(17)3-4-13(14)15/h2-8,11H,9-10H2,1H3,(H,18,19). The predicted octanol–water partition coefficient (Wildman–Crippen LogP) is 3.23. The van der Waals surface area contributed by atoms with Crippen LogP contribution >= 0.6 is 11.6 Å². The minimum atomic E-state index is 0.693. The first-order valence-electron chi connectivity index (χ1n) is 7.00. The molecule has 0 saturated carbocycles. The molecule has 0 atom stereocenters. The van der Waals surface area contributed by atoms with Crippen molar-refractivity contribution in [2.24, 2.45) is 0 Å².